The van der Waals surface area contributed by atoms with Crippen LogP contribution in [0.2, 0.25) is 0 Å². The second-order valence-corrected chi connectivity index (χ2v) is 6.03. The van der Waals surface area contributed by atoms with Gasteiger partial charge in [-0.3, -0.25) is 4.57 Å². The van der Waals surface area contributed by atoms with Crippen molar-refractivity contribution in [3.63, 3.8) is 0 Å². The molecule has 1 aliphatic heterocycles. The van der Waals surface area contributed by atoms with Crippen molar-refractivity contribution in [2.45, 2.75) is 24.5 Å². The van der Waals surface area contributed by atoms with Gasteiger partial charge in [0.15, 0.2) is 23.2 Å². The lowest BCUT2D eigenvalue weighted by molar-refractivity contribution is -0.0511. The Morgan fingerprint density at radius 2 is 2.04 bits per heavy atom. The van der Waals surface area contributed by atoms with Crippen LogP contribution in [0.3, 0.4) is 0 Å². The number of benzene rings is 1. The Morgan fingerprint density at radius 1 is 1.19 bits per heavy atom. The fourth-order valence-electron chi connectivity index (χ4n) is 2.99. The van der Waals surface area contributed by atoms with Gasteiger partial charge in [0.05, 0.1) is 12.9 Å². The summed E-state index contributed by atoms with van der Waals surface area (Å²) in [6, 6.07) is 7.19. The maximum atomic E-state index is 10.2. The van der Waals surface area contributed by atoms with Crippen LogP contribution < -0.4 is 11.1 Å². The molecular formula is C16H18N6O4. The van der Waals surface area contributed by atoms with Gasteiger partial charge in [0.2, 0.25) is 0 Å². The van der Waals surface area contributed by atoms with Gasteiger partial charge in [-0.2, -0.15) is 0 Å². The van der Waals surface area contributed by atoms with Crippen molar-refractivity contribution >= 4 is 28.4 Å². The van der Waals surface area contributed by atoms with Gasteiger partial charge >= 0.3 is 0 Å². The number of hydrogen-bond donors (Lipinski definition) is 5. The number of imidazole rings is 1. The van der Waals surface area contributed by atoms with E-state index in [0.717, 1.165) is 5.69 Å². The van der Waals surface area contributed by atoms with Gasteiger partial charge in [-0.05, 0) is 18.2 Å². The zero-order valence-corrected chi connectivity index (χ0v) is 13.6. The monoisotopic (exact) mass is 358 g/mol. The smallest absolute Gasteiger partial charge is 0.167 e. The number of rotatable bonds is 4. The molecule has 0 spiro atoms. The Bertz CT molecular complexity index is 932. The molecule has 1 aliphatic rings. The molecule has 1 unspecified atom stereocenters. The molecule has 26 heavy (non-hydrogen) atoms. The second-order valence-electron chi connectivity index (χ2n) is 6.03. The highest BCUT2D eigenvalue weighted by atomic mass is 16.6. The lowest BCUT2D eigenvalue weighted by atomic mass is 10.1. The van der Waals surface area contributed by atoms with Crippen molar-refractivity contribution in [2.75, 3.05) is 17.7 Å². The summed E-state index contributed by atoms with van der Waals surface area (Å²) in [5.74, 6) is 0.464. The van der Waals surface area contributed by atoms with Gasteiger partial charge in [-0.1, -0.05) is 6.07 Å². The number of nitrogen functional groups attached to an aromatic ring is 1. The van der Waals surface area contributed by atoms with E-state index in [1.165, 1.54) is 17.2 Å². The van der Waals surface area contributed by atoms with Crippen LogP contribution in [0.25, 0.3) is 11.2 Å². The SMILES string of the molecule is Nc1cccc(Nc2ncnc3c2ncn3C2O[C@H](CO)[C@@H](O)[C@H]2O)c1. The van der Waals surface area contributed by atoms with Crippen molar-refractivity contribution < 1.29 is 20.1 Å². The third-order valence-electron chi connectivity index (χ3n) is 4.30. The summed E-state index contributed by atoms with van der Waals surface area (Å²) in [5, 5.41) is 32.5. The van der Waals surface area contributed by atoms with Crippen LogP contribution in [0.15, 0.2) is 36.9 Å². The normalized spacial score (nSPS) is 25.7. The first-order chi connectivity index (χ1) is 12.6. The van der Waals surface area contributed by atoms with Crippen LogP contribution in [0, 0.1) is 0 Å². The average Bonchev–Trinajstić information content (AvgIpc) is 3.18. The van der Waals surface area contributed by atoms with E-state index in [-0.39, 0.29) is 0 Å². The molecule has 1 aromatic carbocycles. The molecule has 0 amide bonds. The maximum absolute atomic E-state index is 10.2. The highest BCUT2D eigenvalue weighted by Gasteiger charge is 2.44. The highest BCUT2D eigenvalue weighted by molar-refractivity contribution is 5.85. The maximum Gasteiger partial charge on any atom is 0.167 e. The van der Waals surface area contributed by atoms with Crippen molar-refractivity contribution in [3.8, 4) is 0 Å². The standard InChI is InChI=1S/C16H18N6O4/c17-8-2-1-3-9(4-8)21-14-11-15(19-6-18-14)22(7-20-11)16-13(25)12(24)10(5-23)26-16/h1-4,6-7,10,12-13,16,23-25H,5,17H2,(H,18,19,21)/t10-,12-,13-,16?/m1/s1. The summed E-state index contributed by atoms with van der Waals surface area (Å²) in [6.45, 7) is -0.404. The van der Waals surface area contributed by atoms with E-state index in [1.807, 2.05) is 12.1 Å². The van der Waals surface area contributed by atoms with Gasteiger partial charge in [0.1, 0.15) is 24.6 Å². The Labute approximate surface area is 147 Å². The van der Waals surface area contributed by atoms with Crippen LogP contribution in [0.1, 0.15) is 6.23 Å². The second kappa shape index (κ2) is 6.50. The molecule has 1 fully saturated rings. The predicted octanol–water partition coefficient (Wildman–Crippen LogP) is -0.236. The van der Waals surface area contributed by atoms with Gasteiger partial charge in [0.25, 0.3) is 0 Å². The van der Waals surface area contributed by atoms with E-state index >= 15 is 0 Å². The highest BCUT2D eigenvalue weighted by Crippen LogP contribution is 2.32. The quantitative estimate of drug-likeness (QED) is 0.398. The summed E-state index contributed by atoms with van der Waals surface area (Å²) in [7, 11) is 0. The first-order valence-electron chi connectivity index (χ1n) is 8.01. The van der Waals surface area contributed by atoms with Crippen LogP contribution in [0.4, 0.5) is 17.2 Å². The van der Waals surface area contributed by atoms with E-state index < -0.39 is 31.1 Å². The molecule has 10 heteroatoms. The van der Waals surface area contributed by atoms with Crippen molar-refractivity contribution in [2.24, 2.45) is 0 Å². The minimum atomic E-state index is -1.22. The molecule has 136 valence electrons. The largest absolute Gasteiger partial charge is 0.399 e. The van der Waals surface area contributed by atoms with Gasteiger partial charge in [-0.15, -0.1) is 0 Å². The van der Waals surface area contributed by atoms with Crippen LogP contribution in [0.5, 0.6) is 0 Å². The number of aliphatic hydroxyl groups is 3. The topological polar surface area (TPSA) is 152 Å². The Hall–Kier alpha value is -2.79. The molecule has 0 bridgehead atoms. The Morgan fingerprint density at radius 3 is 2.77 bits per heavy atom. The first kappa shape index (κ1) is 16.7. The molecular weight excluding hydrogens is 340 g/mol. The molecule has 4 rings (SSSR count). The first-order valence-corrected chi connectivity index (χ1v) is 8.01. The Balaban J connectivity index is 1.69. The molecule has 1 saturated heterocycles. The number of nitrogens with one attached hydrogen (secondary N) is 1. The van der Waals surface area contributed by atoms with Gasteiger partial charge in [-0.25, -0.2) is 15.0 Å². The van der Waals surface area contributed by atoms with Crippen molar-refractivity contribution in [1.82, 2.24) is 19.5 Å². The minimum absolute atomic E-state index is 0.404. The van der Waals surface area contributed by atoms with E-state index in [4.69, 9.17) is 10.5 Å². The van der Waals surface area contributed by atoms with E-state index in [9.17, 15) is 15.3 Å². The average molecular weight is 358 g/mol. The molecule has 4 atom stereocenters. The molecule has 3 heterocycles. The molecule has 6 N–H and O–H groups in total. The molecule has 0 saturated carbocycles. The lowest BCUT2D eigenvalue weighted by Gasteiger charge is -2.16. The number of fused-ring (bicyclic) bond motifs is 1. The fourth-order valence-corrected chi connectivity index (χ4v) is 2.99. The van der Waals surface area contributed by atoms with Gasteiger partial charge < -0.3 is 31.1 Å². The summed E-state index contributed by atoms with van der Waals surface area (Å²) in [5.41, 5.74) is 8.02. The number of aromatic nitrogens is 4. The minimum Gasteiger partial charge on any atom is -0.399 e. The van der Waals surface area contributed by atoms with Crippen LogP contribution in [-0.4, -0.2) is 59.8 Å². The molecule has 0 radical (unpaired) electrons. The summed E-state index contributed by atoms with van der Waals surface area (Å²) in [6.07, 6.45) is -1.40. The van der Waals surface area contributed by atoms with E-state index in [1.54, 1.807) is 12.1 Å². The predicted molar refractivity (Wildman–Crippen MR) is 92.5 cm³/mol. The summed E-state index contributed by atoms with van der Waals surface area (Å²) >= 11 is 0. The summed E-state index contributed by atoms with van der Waals surface area (Å²) < 4.78 is 7.04. The third-order valence-corrected chi connectivity index (χ3v) is 4.30. The number of ether oxygens (including phenoxy) is 1. The number of nitrogens with zero attached hydrogens (tertiary/aromatic N) is 4. The fraction of sp³-hybridized carbons (Fsp3) is 0.312. The molecule has 10 nitrogen and oxygen atoms in total. The molecule has 3 aromatic rings. The zero-order chi connectivity index (χ0) is 18.3. The van der Waals surface area contributed by atoms with Crippen molar-refractivity contribution in [1.29, 1.82) is 0 Å². The molecule has 0 aliphatic carbocycles. The number of hydrogen-bond acceptors (Lipinski definition) is 9. The third kappa shape index (κ3) is 2.74. The van der Waals surface area contributed by atoms with Crippen LogP contribution >= 0.6 is 0 Å². The number of anilines is 3. The van der Waals surface area contributed by atoms with Gasteiger partial charge in [0, 0.05) is 11.4 Å². The lowest BCUT2D eigenvalue weighted by Crippen LogP contribution is -2.33. The van der Waals surface area contributed by atoms with E-state index in [0.29, 0.717) is 22.7 Å². The van der Waals surface area contributed by atoms with E-state index in [2.05, 4.69) is 20.3 Å². The Kier molecular flexibility index (Phi) is 4.17. The number of nitrogens with two attached hydrogens (primary N) is 1. The summed E-state index contributed by atoms with van der Waals surface area (Å²) in [4.78, 5) is 12.7. The molecule has 2 aromatic heterocycles. The zero-order valence-electron chi connectivity index (χ0n) is 13.6. The number of aliphatic hydroxyl groups excluding tert-OH is 3. The van der Waals surface area contributed by atoms with Crippen LogP contribution in [-0.2, 0) is 4.74 Å². The van der Waals surface area contributed by atoms with Crippen molar-refractivity contribution in [3.05, 3.63) is 36.9 Å².